The summed E-state index contributed by atoms with van der Waals surface area (Å²) in [6.07, 6.45) is 2.23. The lowest BCUT2D eigenvalue weighted by atomic mass is 9.81. The minimum atomic E-state index is -0.173. The van der Waals surface area contributed by atoms with E-state index in [0.29, 0.717) is 6.04 Å². The highest BCUT2D eigenvalue weighted by Gasteiger charge is 2.28. The molecule has 1 aromatic carbocycles. The standard InChI is InChI=1S/C17H29FN2/c1-6-17(7-2,12-19-14(3)4)13-20(5)16-10-8-9-15(18)11-16/h8-11,14,19H,6-7,12-13H2,1-5H3. The van der Waals surface area contributed by atoms with Gasteiger partial charge in [0.05, 0.1) is 0 Å². The van der Waals surface area contributed by atoms with E-state index in [0.717, 1.165) is 31.6 Å². The second kappa shape index (κ2) is 7.63. The zero-order valence-corrected chi connectivity index (χ0v) is 13.5. The fourth-order valence-electron chi connectivity index (χ4n) is 2.51. The van der Waals surface area contributed by atoms with Crippen molar-refractivity contribution in [1.29, 1.82) is 0 Å². The predicted molar refractivity (Wildman–Crippen MR) is 85.8 cm³/mol. The van der Waals surface area contributed by atoms with Crippen LogP contribution in [0, 0.1) is 11.2 Å². The van der Waals surface area contributed by atoms with Crippen LogP contribution in [0.4, 0.5) is 10.1 Å². The summed E-state index contributed by atoms with van der Waals surface area (Å²) >= 11 is 0. The first-order valence-corrected chi connectivity index (χ1v) is 7.62. The Kier molecular flexibility index (Phi) is 6.47. The highest BCUT2D eigenvalue weighted by molar-refractivity contribution is 5.45. The second-order valence-electron chi connectivity index (χ2n) is 6.08. The maximum atomic E-state index is 13.3. The topological polar surface area (TPSA) is 15.3 Å². The van der Waals surface area contributed by atoms with E-state index in [4.69, 9.17) is 0 Å². The lowest BCUT2D eigenvalue weighted by molar-refractivity contribution is 0.248. The van der Waals surface area contributed by atoms with Crippen LogP contribution in [-0.2, 0) is 0 Å². The number of hydrogen-bond acceptors (Lipinski definition) is 2. The summed E-state index contributed by atoms with van der Waals surface area (Å²) in [6.45, 7) is 10.8. The summed E-state index contributed by atoms with van der Waals surface area (Å²) in [7, 11) is 2.05. The van der Waals surface area contributed by atoms with Gasteiger partial charge >= 0.3 is 0 Å². The summed E-state index contributed by atoms with van der Waals surface area (Å²) < 4.78 is 13.3. The molecule has 1 N–H and O–H groups in total. The van der Waals surface area contributed by atoms with Gasteiger partial charge in [0.25, 0.3) is 0 Å². The van der Waals surface area contributed by atoms with Crippen molar-refractivity contribution < 1.29 is 4.39 Å². The third-order valence-electron chi connectivity index (χ3n) is 4.21. The molecule has 0 aromatic heterocycles. The molecule has 0 spiro atoms. The smallest absolute Gasteiger partial charge is 0.125 e. The van der Waals surface area contributed by atoms with Gasteiger partial charge in [-0.3, -0.25) is 0 Å². The Morgan fingerprint density at radius 2 is 1.90 bits per heavy atom. The molecule has 0 bridgehead atoms. The molecule has 0 aliphatic heterocycles. The number of nitrogens with zero attached hydrogens (tertiary/aromatic N) is 1. The number of nitrogens with one attached hydrogen (secondary N) is 1. The molecule has 0 aliphatic carbocycles. The molecule has 114 valence electrons. The lowest BCUT2D eigenvalue weighted by Crippen LogP contribution is -2.44. The largest absolute Gasteiger partial charge is 0.374 e. The number of hydrogen-bond donors (Lipinski definition) is 1. The Balaban J connectivity index is 2.78. The molecule has 0 saturated carbocycles. The van der Waals surface area contributed by atoms with Crippen LogP contribution in [0.1, 0.15) is 40.5 Å². The molecule has 20 heavy (non-hydrogen) atoms. The molecule has 0 atom stereocenters. The van der Waals surface area contributed by atoms with Crippen molar-refractivity contribution in [2.24, 2.45) is 5.41 Å². The average molecular weight is 280 g/mol. The van der Waals surface area contributed by atoms with Gasteiger partial charge in [-0.05, 0) is 36.5 Å². The Labute approximate surface area is 123 Å². The molecule has 0 amide bonds. The van der Waals surface area contributed by atoms with E-state index in [2.05, 4.69) is 37.9 Å². The molecule has 0 saturated heterocycles. The van der Waals surface area contributed by atoms with Crippen molar-refractivity contribution in [3.05, 3.63) is 30.1 Å². The third-order valence-corrected chi connectivity index (χ3v) is 4.21. The van der Waals surface area contributed by atoms with E-state index in [-0.39, 0.29) is 11.2 Å². The molecule has 1 aromatic rings. The molecular weight excluding hydrogens is 251 g/mol. The van der Waals surface area contributed by atoms with Crippen LogP contribution in [0.2, 0.25) is 0 Å². The van der Waals surface area contributed by atoms with Gasteiger partial charge in [-0.25, -0.2) is 4.39 Å². The SMILES string of the molecule is CCC(CC)(CNC(C)C)CN(C)c1cccc(F)c1. The minimum absolute atomic E-state index is 0.173. The van der Waals surface area contributed by atoms with Crippen LogP contribution in [0.15, 0.2) is 24.3 Å². The molecule has 1 rings (SSSR count). The van der Waals surface area contributed by atoms with E-state index in [1.54, 1.807) is 12.1 Å². The number of halogens is 1. The Morgan fingerprint density at radius 1 is 1.25 bits per heavy atom. The first kappa shape index (κ1) is 17.0. The number of benzene rings is 1. The summed E-state index contributed by atoms with van der Waals surface area (Å²) in [5, 5.41) is 3.56. The fourth-order valence-corrected chi connectivity index (χ4v) is 2.51. The number of anilines is 1. The van der Waals surface area contributed by atoms with Crippen LogP contribution < -0.4 is 10.2 Å². The second-order valence-corrected chi connectivity index (χ2v) is 6.08. The van der Waals surface area contributed by atoms with Gasteiger partial charge in [0.2, 0.25) is 0 Å². The van der Waals surface area contributed by atoms with Gasteiger partial charge in [0.1, 0.15) is 5.82 Å². The summed E-state index contributed by atoms with van der Waals surface area (Å²) in [4.78, 5) is 2.16. The molecular formula is C17H29FN2. The summed E-state index contributed by atoms with van der Waals surface area (Å²) in [5.74, 6) is -0.173. The molecule has 0 unspecified atom stereocenters. The maximum absolute atomic E-state index is 13.3. The molecule has 0 radical (unpaired) electrons. The lowest BCUT2D eigenvalue weighted by Gasteiger charge is -2.37. The molecule has 3 heteroatoms. The van der Waals surface area contributed by atoms with E-state index >= 15 is 0 Å². The zero-order valence-electron chi connectivity index (χ0n) is 13.5. The zero-order chi connectivity index (χ0) is 15.2. The Morgan fingerprint density at radius 3 is 2.40 bits per heavy atom. The first-order valence-electron chi connectivity index (χ1n) is 7.62. The van der Waals surface area contributed by atoms with Crippen LogP contribution in [0.3, 0.4) is 0 Å². The van der Waals surface area contributed by atoms with Gasteiger partial charge in [0, 0.05) is 31.9 Å². The average Bonchev–Trinajstić information content (AvgIpc) is 2.43. The number of rotatable bonds is 8. The van der Waals surface area contributed by atoms with Crippen LogP contribution >= 0.6 is 0 Å². The minimum Gasteiger partial charge on any atom is -0.374 e. The predicted octanol–water partition coefficient (Wildman–Crippen LogP) is 4.07. The Hall–Kier alpha value is -1.09. The van der Waals surface area contributed by atoms with Gasteiger partial charge in [-0.15, -0.1) is 0 Å². The first-order chi connectivity index (χ1) is 9.42. The fraction of sp³-hybridized carbons (Fsp3) is 0.647. The van der Waals surface area contributed by atoms with Crippen molar-refractivity contribution in [3.63, 3.8) is 0 Å². The van der Waals surface area contributed by atoms with Crippen molar-refractivity contribution in [1.82, 2.24) is 5.32 Å². The van der Waals surface area contributed by atoms with Crippen molar-refractivity contribution in [3.8, 4) is 0 Å². The highest BCUT2D eigenvalue weighted by atomic mass is 19.1. The van der Waals surface area contributed by atoms with E-state index in [1.165, 1.54) is 6.07 Å². The van der Waals surface area contributed by atoms with E-state index in [1.807, 2.05) is 13.1 Å². The Bertz CT molecular complexity index is 400. The van der Waals surface area contributed by atoms with E-state index in [9.17, 15) is 4.39 Å². The van der Waals surface area contributed by atoms with Gasteiger partial charge in [-0.2, -0.15) is 0 Å². The van der Waals surface area contributed by atoms with E-state index < -0.39 is 0 Å². The monoisotopic (exact) mass is 280 g/mol. The van der Waals surface area contributed by atoms with Gasteiger partial charge in [0.15, 0.2) is 0 Å². The normalized spacial score (nSPS) is 11.9. The summed E-state index contributed by atoms with van der Waals surface area (Å²) in [6, 6.07) is 7.32. The van der Waals surface area contributed by atoms with Crippen LogP contribution in [-0.4, -0.2) is 26.2 Å². The van der Waals surface area contributed by atoms with Crippen molar-refractivity contribution in [2.75, 3.05) is 25.0 Å². The third kappa shape index (κ3) is 4.78. The van der Waals surface area contributed by atoms with Gasteiger partial charge in [-0.1, -0.05) is 33.8 Å². The molecule has 2 nitrogen and oxygen atoms in total. The van der Waals surface area contributed by atoms with Crippen molar-refractivity contribution in [2.45, 2.75) is 46.6 Å². The molecule has 0 heterocycles. The molecule has 0 aliphatic rings. The quantitative estimate of drug-likeness (QED) is 0.772. The maximum Gasteiger partial charge on any atom is 0.125 e. The highest BCUT2D eigenvalue weighted by Crippen LogP contribution is 2.29. The van der Waals surface area contributed by atoms with Gasteiger partial charge < -0.3 is 10.2 Å². The van der Waals surface area contributed by atoms with Crippen LogP contribution in [0.5, 0.6) is 0 Å². The van der Waals surface area contributed by atoms with Crippen molar-refractivity contribution >= 4 is 5.69 Å². The van der Waals surface area contributed by atoms with Crippen LogP contribution in [0.25, 0.3) is 0 Å². The molecule has 0 fully saturated rings. The summed E-state index contributed by atoms with van der Waals surface area (Å²) in [5.41, 5.74) is 1.17.